The molecular weight excluding hydrogens is 498 g/mol. The molecule has 1 aromatic carbocycles. The first-order valence-corrected chi connectivity index (χ1v) is 15.1. The number of pyridine rings is 1. The van der Waals surface area contributed by atoms with Gasteiger partial charge in [-0.15, -0.1) is 0 Å². The molecule has 11 heteroatoms. The van der Waals surface area contributed by atoms with Gasteiger partial charge < -0.3 is 0 Å². The van der Waals surface area contributed by atoms with Gasteiger partial charge in [0.05, 0.1) is 30.9 Å². The van der Waals surface area contributed by atoms with Crippen molar-refractivity contribution in [3.05, 3.63) is 63.9 Å². The van der Waals surface area contributed by atoms with Crippen molar-refractivity contribution < 1.29 is 21.0 Å². The van der Waals surface area contributed by atoms with Gasteiger partial charge in [-0.3, -0.25) is 14.1 Å². The summed E-state index contributed by atoms with van der Waals surface area (Å²) in [6, 6.07) is 9.55. The minimum atomic E-state index is -3.49. The number of hydrogen-bond acceptors (Lipinski definition) is 7. The highest BCUT2D eigenvalue weighted by Gasteiger charge is 2.34. The first-order chi connectivity index (χ1) is 16.0. The van der Waals surface area contributed by atoms with Gasteiger partial charge in [0.15, 0.2) is 0 Å². The van der Waals surface area contributed by atoms with Gasteiger partial charge in [-0.25, -0.2) is 8.42 Å². The number of sulfonamides is 1. The summed E-state index contributed by atoms with van der Waals surface area (Å²) in [5.74, 6) is 0. The molecule has 2 aromatic rings. The molecule has 1 atom stereocenters. The Morgan fingerprint density at radius 1 is 1.09 bits per heavy atom. The van der Waals surface area contributed by atoms with E-state index in [9.17, 15) is 16.8 Å². The molecule has 0 saturated carbocycles. The third-order valence-corrected chi connectivity index (χ3v) is 8.24. The second-order valence-corrected chi connectivity index (χ2v) is 12.7. The summed E-state index contributed by atoms with van der Waals surface area (Å²) >= 11 is 6.35. The molecule has 0 N–H and O–H groups in total. The molecule has 2 heterocycles. The Balaban J connectivity index is 1.70. The predicted molar refractivity (Wildman–Crippen MR) is 133 cm³/mol. The van der Waals surface area contributed by atoms with Crippen LogP contribution in [0.1, 0.15) is 41.3 Å². The zero-order valence-electron chi connectivity index (χ0n) is 19.1. The maximum Gasteiger partial charge on any atom is 0.264 e. The molecule has 1 aliphatic heterocycles. The van der Waals surface area contributed by atoms with Gasteiger partial charge in [0.2, 0.25) is 10.0 Å². The molecule has 1 fully saturated rings. The van der Waals surface area contributed by atoms with Gasteiger partial charge in [-0.2, -0.15) is 12.7 Å². The number of halogens is 1. The van der Waals surface area contributed by atoms with E-state index in [1.54, 1.807) is 6.20 Å². The van der Waals surface area contributed by atoms with Crippen molar-refractivity contribution in [2.24, 2.45) is 0 Å². The Labute approximate surface area is 206 Å². The van der Waals surface area contributed by atoms with E-state index in [2.05, 4.69) is 11.0 Å². The van der Waals surface area contributed by atoms with Crippen LogP contribution in [0, 0.1) is 0 Å². The van der Waals surface area contributed by atoms with Crippen molar-refractivity contribution in [1.29, 1.82) is 0 Å². The van der Waals surface area contributed by atoms with Gasteiger partial charge in [0.25, 0.3) is 10.1 Å². The van der Waals surface area contributed by atoms with Crippen LogP contribution in [-0.2, 0) is 24.3 Å². The lowest BCUT2D eigenvalue weighted by molar-refractivity contribution is 0.154. The van der Waals surface area contributed by atoms with Crippen LogP contribution in [0.4, 0.5) is 0 Å². The molecular formula is C23H28ClN3O5S2. The summed E-state index contributed by atoms with van der Waals surface area (Å²) in [5.41, 5.74) is 4.94. The lowest BCUT2D eigenvalue weighted by Gasteiger charge is -2.39. The summed E-state index contributed by atoms with van der Waals surface area (Å²) in [6.07, 6.45) is 7.28. The normalized spacial score (nSPS) is 19.7. The second kappa shape index (κ2) is 10.0. The van der Waals surface area contributed by atoms with Gasteiger partial charge in [-0.1, -0.05) is 29.8 Å². The van der Waals surface area contributed by atoms with E-state index in [1.165, 1.54) is 10.6 Å². The van der Waals surface area contributed by atoms with E-state index >= 15 is 0 Å². The van der Waals surface area contributed by atoms with Gasteiger partial charge in [0, 0.05) is 43.0 Å². The number of benzene rings is 1. The first kappa shape index (κ1) is 25.3. The molecule has 1 aromatic heterocycles. The highest BCUT2D eigenvalue weighted by Crippen LogP contribution is 2.41. The van der Waals surface area contributed by atoms with Crippen molar-refractivity contribution in [2.45, 2.75) is 18.9 Å². The van der Waals surface area contributed by atoms with E-state index in [4.69, 9.17) is 20.8 Å². The quantitative estimate of drug-likeness (QED) is 0.405. The van der Waals surface area contributed by atoms with E-state index in [1.807, 2.05) is 30.3 Å². The van der Waals surface area contributed by atoms with Crippen LogP contribution < -0.4 is 0 Å². The average Bonchev–Trinajstić information content (AvgIpc) is 2.90. The summed E-state index contributed by atoms with van der Waals surface area (Å²) in [4.78, 5) is 7.04. The number of rotatable bonds is 7. The van der Waals surface area contributed by atoms with E-state index in [0.29, 0.717) is 44.0 Å². The van der Waals surface area contributed by atoms with Gasteiger partial charge in [-0.05, 0) is 47.7 Å². The molecule has 2 aliphatic rings. The highest BCUT2D eigenvalue weighted by molar-refractivity contribution is 7.88. The van der Waals surface area contributed by atoms with Crippen LogP contribution in [0.25, 0.3) is 11.6 Å². The molecule has 0 bridgehead atoms. The maximum absolute atomic E-state index is 12.0. The Morgan fingerprint density at radius 3 is 2.50 bits per heavy atom. The number of nitrogens with zero attached hydrogens (tertiary/aromatic N) is 3. The number of fused-ring (bicyclic) bond motifs is 2. The van der Waals surface area contributed by atoms with E-state index in [0.717, 1.165) is 34.2 Å². The lowest BCUT2D eigenvalue weighted by Crippen LogP contribution is -2.49. The fourth-order valence-corrected chi connectivity index (χ4v) is 6.01. The van der Waals surface area contributed by atoms with Crippen LogP contribution in [0.3, 0.4) is 0 Å². The SMILES string of the molecule is CS(=O)(=O)OCCCC1=Cc2cc(Cl)ccc2C(N2CCN(S(C)(=O)=O)CC2)c2ncccc21. The molecule has 184 valence electrons. The molecule has 0 spiro atoms. The van der Waals surface area contributed by atoms with Crippen molar-refractivity contribution >= 4 is 43.4 Å². The minimum Gasteiger partial charge on any atom is -0.288 e. The van der Waals surface area contributed by atoms with Crippen LogP contribution >= 0.6 is 11.6 Å². The Kier molecular flexibility index (Phi) is 7.47. The minimum absolute atomic E-state index is 0.102. The topological polar surface area (TPSA) is 96.9 Å². The third kappa shape index (κ3) is 5.87. The number of hydrogen-bond donors (Lipinski definition) is 0. The molecule has 1 saturated heterocycles. The standard InChI is InChI=1S/C23H28ClN3O5S2/c1-33(28,29)27-12-10-26(11-13-27)23-21-8-7-19(24)16-18(21)15-17(5-4-14-32-34(2,30)31)20-6-3-9-25-22(20)23/h3,6-9,15-16,23H,4-5,10-14H2,1-2H3. The average molecular weight is 526 g/mol. The maximum atomic E-state index is 12.0. The van der Waals surface area contributed by atoms with Crippen LogP contribution in [0.15, 0.2) is 36.5 Å². The van der Waals surface area contributed by atoms with Crippen molar-refractivity contribution in [1.82, 2.24) is 14.2 Å². The molecule has 1 unspecified atom stereocenters. The van der Waals surface area contributed by atoms with Crippen molar-refractivity contribution in [3.63, 3.8) is 0 Å². The molecule has 0 radical (unpaired) electrons. The van der Waals surface area contributed by atoms with Crippen molar-refractivity contribution in [3.8, 4) is 0 Å². The third-order valence-electron chi connectivity index (χ3n) is 6.11. The van der Waals surface area contributed by atoms with Crippen LogP contribution in [-0.4, -0.2) is 76.3 Å². The van der Waals surface area contributed by atoms with Crippen LogP contribution in [0.5, 0.6) is 0 Å². The second-order valence-electron chi connectivity index (χ2n) is 8.61. The molecule has 8 nitrogen and oxygen atoms in total. The molecule has 4 rings (SSSR count). The smallest absolute Gasteiger partial charge is 0.264 e. The monoisotopic (exact) mass is 525 g/mol. The Bertz CT molecular complexity index is 1300. The zero-order chi connectivity index (χ0) is 24.5. The van der Waals surface area contributed by atoms with Gasteiger partial charge in [0.1, 0.15) is 0 Å². The summed E-state index contributed by atoms with van der Waals surface area (Å²) in [7, 11) is -6.73. The number of piperazine rings is 1. The number of aromatic nitrogens is 1. The zero-order valence-corrected chi connectivity index (χ0v) is 21.5. The largest absolute Gasteiger partial charge is 0.288 e. The van der Waals surface area contributed by atoms with E-state index in [-0.39, 0.29) is 12.6 Å². The molecule has 34 heavy (non-hydrogen) atoms. The first-order valence-electron chi connectivity index (χ1n) is 11.0. The summed E-state index contributed by atoms with van der Waals surface area (Å²) in [6.45, 7) is 2.10. The predicted octanol–water partition coefficient (Wildman–Crippen LogP) is 3.01. The lowest BCUT2D eigenvalue weighted by atomic mass is 9.95. The molecule has 1 aliphatic carbocycles. The Hall–Kier alpha value is -1.82. The summed E-state index contributed by atoms with van der Waals surface area (Å²) in [5, 5.41) is 0.620. The fraction of sp³-hybridized carbons (Fsp3) is 0.435. The van der Waals surface area contributed by atoms with Gasteiger partial charge >= 0.3 is 0 Å². The van der Waals surface area contributed by atoms with E-state index < -0.39 is 20.1 Å². The summed E-state index contributed by atoms with van der Waals surface area (Å²) < 4.78 is 53.1. The number of allylic oxidation sites excluding steroid dienone is 1. The molecule has 0 amide bonds. The Morgan fingerprint density at radius 2 is 1.82 bits per heavy atom. The fourth-order valence-electron chi connectivity index (χ4n) is 4.58. The van der Waals surface area contributed by atoms with Crippen molar-refractivity contribution in [2.75, 3.05) is 45.3 Å². The van der Waals surface area contributed by atoms with Crippen LogP contribution in [0.2, 0.25) is 5.02 Å². The highest BCUT2D eigenvalue weighted by atomic mass is 35.5.